The molecule has 1 aromatic rings. The van der Waals surface area contributed by atoms with Crippen molar-refractivity contribution in [1.82, 2.24) is 4.98 Å². The van der Waals surface area contributed by atoms with Gasteiger partial charge in [-0.25, -0.2) is 4.98 Å². The van der Waals surface area contributed by atoms with E-state index in [2.05, 4.69) is 24.1 Å². The largest absolute Gasteiger partial charge is 0.396 e. The molecule has 0 saturated heterocycles. The highest BCUT2D eigenvalue weighted by Gasteiger charge is 2.09. The monoisotopic (exact) mass is 235 g/mol. The molecule has 0 aliphatic rings. The smallest absolute Gasteiger partial charge is 0.149 e. The van der Waals surface area contributed by atoms with Gasteiger partial charge in [0.25, 0.3) is 0 Å². The van der Waals surface area contributed by atoms with Gasteiger partial charge >= 0.3 is 0 Å². The van der Waals surface area contributed by atoms with Crippen molar-refractivity contribution in [3.8, 4) is 0 Å². The first kappa shape index (κ1) is 13.8. The van der Waals surface area contributed by atoms with Gasteiger partial charge in [0.2, 0.25) is 0 Å². The first-order valence-corrected chi connectivity index (χ1v) is 6.67. The second kappa shape index (κ2) is 7.15. The van der Waals surface area contributed by atoms with Crippen LogP contribution in [0, 0.1) is 6.92 Å². The molecular weight excluding hydrogens is 210 g/mol. The van der Waals surface area contributed by atoms with Crippen molar-refractivity contribution in [2.24, 2.45) is 0 Å². The van der Waals surface area contributed by atoms with E-state index >= 15 is 0 Å². The maximum atomic E-state index is 5.94. The molecule has 0 fully saturated rings. The second-order valence-electron chi connectivity index (χ2n) is 4.66. The van der Waals surface area contributed by atoms with Crippen LogP contribution in [0.2, 0.25) is 0 Å². The SMILES string of the molecule is CCCCC(CCC)Nc1nc(C)ccc1N. The normalized spacial score (nSPS) is 12.4. The molecule has 0 amide bonds. The third-order valence-corrected chi connectivity index (χ3v) is 2.95. The summed E-state index contributed by atoms with van der Waals surface area (Å²) in [5.74, 6) is 0.847. The van der Waals surface area contributed by atoms with Crippen LogP contribution in [0.3, 0.4) is 0 Å². The summed E-state index contributed by atoms with van der Waals surface area (Å²) >= 11 is 0. The number of aromatic nitrogens is 1. The molecule has 1 atom stereocenters. The summed E-state index contributed by atoms with van der Waals surface area (Å²) in [4.78, 5) is 4.47. The first-order chi connectivity index (χ1) is 8.17. The van der Waals surface area contributed by atoms with Gasteiger partial charge in [-0.3, -0.25) is 0 Å². The number of hydrogen-bond acceptors (Lipinski definition) is 3. The summed E-state index contributed by atoms with van der Waals surface area (Å²) in [6.07, 6.45) is 6.05. The molecule has 0 aromatic carbocycles. The Kier molecular flexibility index (Phi) is 5.81. The van der Waals surface area contributed by atoms with E-state index in [1.165, 1.54) is 32.1 Å². The fourth-order valence-corrected chi connectivity index (χ4v) is 1.96. The molecule has 0 bridgehead atoms. The van der Waals surface area contributed by atoms with Crippen molar-refractivity contribution in [2.45, 2.75) is 58.9 Å². The fourth-order valence-electron chi connectivity index (χ4n) is 1.96. The van der Waals surface area contributed by atoms with Crippen LogP contribution in [-0.2, 0) is 0 Å². The van der Waals surface area contributed by atoms with Crippen molar-refractivity contribution in [3.63, 3.8) is 0 Å². The predicted molar refractivity (Wildman–Crippen MR) is 75.2 cm³/mol. The number of nitrogens with zero attached hydrogens (tertiary/aromatic N) is 1. The van der Waals surface area contributed by atoms with Gasteiger partial charge in [-0.2, -0.15) is 0 Å². The van der Waals surface area contributed by atoms with E-state index in [9.17, 15) is 0 Å². The van der Waals surface area contributed by atoms with Crippen molar-refractivity contribution in [3.05, 3.63) is 17.8 Å². The Morgan fingerprint density at radius 2 is 2.00 bits per heavy atom. The predicted octanol–water partition coefficient (Wildman–Crippen LogP) is 3.74. The average Bonchev–Trinajstić information content (AvgIpc) is 2.31. The van der Waals surface area contributed by atoms with Crippen molar-refractivity contribution < 1.29 is 0 Å². The second-order valence-corrected chi connectivity index (χ2v) is 4.66. The third kappa shape index (κ3) is 4.63. The average molecular weight is 235 g/mol. The number of anilines is 2. The molecule has 17 heavy (non-hydrogen) atoms. The Morgan fingerprint density at radius 3 is 2.65 bits per heavy atom. The quantitative estimate of drug-likeness (QED) is 0.757. The van der Waals surface area contributed by atoms with Gasteiger partial charge in [-0.15, -0.1) is 0 Å². The van der Waals surface area contributed by atoms with Gasteiger partial charge in [0.05, 0.1) is 5.69 Å². The summed E-state index contributed by atoms with van der Waals surface area (Å²) in [6.45, 7) is 6.43. The Morgan fingerprint density at radius 1 is 1.24 bits per heavy atom. The molecule has 0 spiro atoms. The molecule has 0 radical (unpaired) electrons. The number of aryl methyl sites for hydroxylation is 1. The number of pyridine rings is 1. The highest BCUT2D eigenvalue weighted by molar-refractivity contribution is 5.61. The lowest BCUT2D eigenvalue weighted by atomic mass is 10.1. The van der Waals surface area contributed by atoms with Crippen LogP contribution >= 0.6 is 0 Å². The maximum Gasteiger partial charge on any atom is 0.149 e. The van der Waals surface area contributed by atoms with Crippen molar-refractivity contribution >= 4 is 11.5 Å². The molecule has 1 rings (SSSR count). The fraction of sp³-hybridized carbons (Fsp3) is 0.643. The molecule has 3 nitrogen and oxygen atoms in total. The molecule has 1 unspecified atom stereocenters. The highest BCUT2D eigenvalue weighted by Crippen LogP contribution is 2.19. The van der Waals surface area contributed by atoms with E-state index in [-0.39, 0.29) is 0 Å². The number of hydrogen-bond donors (Lipinski definition) is 2. The van der Waals surface area contributed by atoms with Crippen LogP contribution in [-0.4, -0.2) is 11.0 Å². The molecule has 0 aliphatic carbocycles. The lowest BCUT2D eigenvalue weighted by molar-refractivity contribution is 0.563. The summed E-state index contributed by atoms with van der Waals surface area (Å²) in [5.41, 5.74) is 7.69. The minimum Gasteiger partial charge on any atom is -0.396 e. The van der Waals surface area contributed by atoms with Gasteiger partial charge in [0.1, 0.15) is 5.82 Å². The van der Waals surface area contributed by atoms with E-state index < -0.39 is 0 Å². The lowest BCUT2D eigenvalue weighted by Gasteiger charge is -2.19. The highest BCUT2D eigenvalue weighted by atomic mass is 15.0. The van der Waals surface area contributed by atoms with Gasteiger partial charge in [-0.05, 0) is 31.9 Å². The van der Waals surface area contributed by atoms with Crippen LogP contribution in [0.4, 0.5) is 11.5 Å². The first-order valence-electron chi connectivity index (χ1n) is 6.67. The summed E-state index contributed by atoms with van der Waals surface area (Å²) < 4.78 is 0. The lowest BCUT2D eigenvalue weighted by Crippen LogP contribution is -2.21. The van der Waals surface area contributed by atoms with E-state index in [4.69, 9.17) is 5.73 Å². The summed E-state index contributed by atoms with van der Waals surface area (Å²) in [5, 5.41) is 3.49. The van der Waals surface area contributed by atoms with Crippen LogP contribution in [0.25, 0.3) is 0 Å². The van der Waals surface area contributed by atoms with Crippen LogP contribution in [0.15, 0.2) is 12.1 Å². The summed E-state index contributed by atoms with van der Waals surface area (Å²) in [6, 6.07) is 4.37. The Bertz CT molecular complexity index is 336. The molecule has 3 heteroatoms. The van der Waals surface area contributed by atoms with Gasteiger partial charge in [-0.1, -0.05) is 33.1 Å². The number of nitrogens with one attached hydrogen (secondary N) is 1. The van der Waals surface area contributed by atoms with Gasteiger partial charge < -0.3 is 11.1 Å². The van der Waals surface area contributed by atoms with E-state index in [1.807, 2.05) is 19.1 Å². The van der Waals surface area contributed by atoms with Crippen molar-refractivity contribution in [1.29, 1.82) is 0 Å². The Labute approximate surface area is 105 Å². The number of nitrogens with two attached hydrogens (primary N) is 1. The van der Waals surface area contributed by atoms with E-state index in [0.29, 0.717) is 6.04 Å². The van der Waals surface area contributed by atoms with E-state index in [1.54, 1.807) is 0 Å². The Hall–Kier alpha value is -1.25. The molecule has 0 saturated carbocycles. The van der Waals surface area contributed by atoms with E-state index in [0.717, 1.165) is 17.2 Å². The molecular formula is C14H25N3. The van der Waals surface area contributed by atoms with Crippen LogP contribution in [0.5, 0.6) is 0 Å². The Balaban J connectivity index is 2.67. The molecule has 1 aromatic heterocycles. The minimum absolute atomic E-state index is 0.497. The van der Waals surface area contributed by atoms with Crippen LogP contribution in [0.1, 0.15) is 51.6 Å². The van der Waals surface area contributed by atoms with Gasteiger partial charge in [0, 0.05) is 11.7 Å². The number of rotatable bonds is 7. The minimum atomic E-state index is 0.497. The van der Waals surface area contributed by atoms with Gasteiger partial charge in [0.15, 0.2) is 0 Å². The third-order valence-electron chi connectivity index (χ3n) is 2.95. The zero-order valence-corrected chi connectivity index (χ0v) is 11.3. The maximum absolute atomic E-state index is 5.94. The molecule has 1 heterocycles. The molecule has 3 N–H and O–H groups in total. The zero-order chi connectivity index (χ0) is 12.7. The topological polar surface area (TPSA) is 50.9 Å². The molecule has 96 valence electrons. The number of unbranched alkanes of at least 4 members (excludes halogenated alkanes) is 1. The standard InChI is InChI=1S/C14H25N3/c1-4-6-8-12(7-5-2)17-14-13(15)10-9-11(3)16-14/h9-10,12H,4-8,15H2,1-3H3,(H,16,17). The van der Waals surface area contributed by atoms with Crippen molar-refractivity contribution in [2.75, 3.05) is 11.1 Å². The molecule has 0 aliphatic heterocycles. The zero-order valence-electron chi connectivity index (χ0n) is 11.3. The number of nitrogen functional groups attached to an aromatic ring is 1. The van der Waals surface area contributed by atoms with Crippen LogP contribution < -0.4 is 11.1 Å². The summed E-state index contributed by atoms with van der Waals surface area (Å²) in [7, 11) is 0.